The molecule has 0 saturated heterocycles. The van der Waals surface area contributed by atoms with Crippen molar-refractivity contribution >= 4 is 0 Å². The Hall–Kier alpha value is -1.74. The summed E-state index contributed by atoms with van der Waals surface area (Å²) in [5.74, 6) is -0.452. The predicted molar refractivity (Wildman–Crippen MR) is 62.0 cm³/mol. The van der Waals surface area contributed by atoms with Crippen LogP contribution in [0, 0.1) is 5.82 Å². The summed E-state index contributed by atoms with van der Waals surface area (Å²) >= 11 is 0. The molecule has 1 aliphatic rings. The highest BCUT2D eigenvalue weighted by Crippen LogP contribution is 2.42. The Morgan fingerprint density at radius 3 is 2.82 bits per heavy atom. The number of aliphatic hydroxyl groups is 1. The molecule has 1 heterocycles. The highest BCUT2D eigenvalue weighted by molar-refractivity contribution is 5.44. The molecule has 1 aromatic heterocycles. The molecule has 0 spiro atoms. The van der Waals surface area contributed by atoms with Gasteiger partial charge in [0.25, 0.3) is 0 Å². The molecule has 1 atom stereocenters. The molecule has 3 rings (SSSR count). The lowest BCUT2D eigenvalue weighted by Crippen LogP contribution is -2.25. The van der Waals surface area contributed by atoms with Crippen LogP contribution in [0.2, 0.25) is 0 Å². The molecular weight excluding hydrogens is 217 g/mol. The standard InChI is InChI=1S/C14H12FNO/c15-13-9-16-8-6-12(13)14(17)7-5-10-3-1-2-4-11(10)14/h1-4,6,8-9,17H,5,7H2. The number of halogens is 1. The number of benzene rings is 1. The summed E-state index contributed by atoms with van der Waals surface area (Å²) in [6.07, 6.45) is 3.95. The first-order valence-electron chi connectivity index (χ1n) is 5.62. The number of nitrogens with zero attached hydrogens (tertiary/aromatic N) is 1. The minimum absolute atomic E-state index is 0.317. The molecule has 0 amide bonds. The summed E-state index contributed by atoms with van der Waals surface area (Å²) < 4.78 is 13.8. The third kappa shape index (κ3) is 1.46. The van der Waals surface area contributed by atoms with Gasteiger partial charge in [-0.2, -0.15) is 0 Å². The normalized spacial score (nSPS) is 22.5. The van der Waals surface area contributed by atoms with Crippen LogP contribution in [0.15, 0.2) is 42.7 Å². The van der Waals surface area contributed by atoms with E-state index in [2.05, 4.69) is 4.98 Å². The zero-order valence-corrected chi connectivity index (χ0v) is 9.23. The molecule has 1 aromatic carbocycles. The maximum atomic E-state index is 13.8. The van der Waals surface area contributed by atoms with Gasteiger partial charge in [-0.15, -0.1) is 0 Å². The first-order chi connectivity index (χ1) is 8.22. The van der Waals surface area contributed by atoms with E-state index >= 15 is 0 Å². The Balaban J connectivity index is 2.19. The molecule has 1 unspecified atom stereocenters. The van der Waals surface area contributed by atoms with Gasteiger partial charge in [0.15, 0.2) is 0 Å². The minimum Gasteiger partial charge on any atom is -0.380 e. The van der Waals surface area contributed by atoms with Gasteiger partial charge in [0.2, 0.25) is 0 Å². The van der Waals surface area contributed by atoms with Crippen LogP contribution in [0.3, 0.4) is 0 Å². The van der Waals surface area contributed by atoms with Crippen molar-refractivity contribution < 1.29 is 9.50 Å². The lowest BCUT2D eigenvalue weighted by atomic mass is 9.88. The van der Waals surface area contributed by atoms with Gasteiger partial charge in [0.05, 0.1) is 6.20 Å². The molecule has 2 nitrogen and oxygen atoms in total. The maximum Gasteiger partial charge on any atom is 0.147 e. The summed E-state index contributed by atoms with van der Waals surface area (Å²) in [6, 6.07) is 9.20. The van der Waals surface area contributed by atoms with Crippen LogP contribution in [-0.2, 0) is 12.0 Å². The predicted octanol–water partition coefficient (Wildman–Crippen LogP) is 2.40. The largest absolute Gasteiger partial charge is 0.380 e. The smallest absolute Gasteiger partial charge is 0.147 e. The van der Waals surface area contributed by atoms with Crippen molar-refractivity contribution in [1.29, 1.82) is 0 Å². The molecule has 0 radical (unpaired) electrons. The number of rotatable bonds is 1. The summed E-state index contributed by atoms with van der Waals surface area (Å²) in [5, 5.41) is 10.7. The van der Waals surface area contributed by atoms with Crippen molar-refractivity contribution in [2.75, 3.05) is 0 Å². The summed E-state index contributed by atoms with van der Waals surface area (Å²) in [5.41, 5.74) is 1.01. The maximum absolute atomic E-state index is 13.8. The Labute approximate surface area is 98.8 Å². The van der Waals surface area contributed by atoms with Crippen molar-refractivity contribution in [3.05, 3.63) is 65.2 Å². The third-order valence-electron chi connectivity index (χ3n) is 3.44. The summed E-state index contributed by atoms with van der Waals surface area (Å²) in [7, 11) is 0. The molecule has 0 aliphatic heterocycles. The zero-order chi connectivity index (χ0) is 11.9. The fraction of sp³-hybridized carbons (Fsp3) is 0.214. The van der Waals surface area contributed by atoms with Gasteiger partial charge in [-0.25, -0.2) is 4.39 Å². The molecule has 17 heavy (non-hydrogen) atoms. The van der Waals surface area contributed by atoms with E-state index < -0.39 is 11.4 Å². The molecule has 2 aromatic rings. The average Bonchev–Trinajstić information content (AvgIpc) is 2.70. The number of hydrogen-bond donors (Lipinski definition) is 1. The second-order valence-corrected chi connectivity index (χ2v) is 4.37. The van der Waals surface area contributed by atoms with Gasteiger partial charge in [-0.05, 0) is 30.0 Å². The second-order valence-electron chi connectivity index (χ2n) is 4.37. The van der Waals surface area contributed by atoms with Crippen molar-refractivity contribution in [1.82, 2.24) is 4.98 Å². The van der Waals surface area contributed by atoms with Crippen LogP contribution in [0.5, 0.6) is 0 Å². The van der Waals surface area contributed by atoms with Gasteiger partial charge in [0.1, 0.15) is 11.4 Å². The molecule has 0 bridgehead atoms. The van der Waals surface area contributed by atoms with E-state index in [9.17, 15) is 9.50 Å². The van der Waals surface area contributed by atoms with Crippen LogP contribution >= 0.6 is 0 Å². The molecule has 0 saturated carbocycles. The van der Waals surface area contributed by atoms with Gasteiger partial charge >= 0.3 is 0 Å². The Kier molecular flexibility index (Phi) is 2.23. The van der Waals surface area contributed by atoms with E-state index in [1.807, 2.05) is 24.3 Å². The topological polar surface area (TPSA) is 33.1 Å². The highest BCUT2D eigenvalue weighted by atomic mass is 19.1. The number of hydrogen-bond acceptors (Lipinski definition) is 2. The highest BCUT2D eigenvalue weighted by Gasteiger charge is 2.39. The Bertz CT molecular complexity index is 570. The van der Waals surface area contributed by atoms with E-state index in [4.69, 9.17) is 0 Å². The third-order valence-corrected chi connectivity index (χ3v) is 3.44. The number of pyridine rings is 1. The van der Waals surface area contributed by atoms with Crippen LogP contribution in [0.4, 0.5) is 4.39 Å². The molecule has 1 N–H and O–H groups in total. The number of aryl methyl sites for hydroxylation is 1. The Morgan fingerprint density at radius 1 is 1.18 bits per heavy atom. The number of aromatic nitrogens is 1. The van der Waals surface area contributed by atoms with Gasteiger partial charge in [0, 0.05) is 11.8 Å². The van der Waals surface area contributed by atoms with Crippen LogP contribution in [0.25, 0.3) is 0 Å². The molecular formula is C14H12FNO. The first kappa shape index (κ1) is 10.4. The minimum atomic E-state index is -1.20. The van der Waals surface area contributed by atoms with Crippen LogP contribution in [-0.4, -0.2) is 10.1 Å². The summed E-state index contributed by atoms with van der Waals surface area (Å²) in [6.45, 7) is 0. The van der Waals surface area contributed by atoms with Gasteiger partial charge in [-0.1, -0.05) is 24.3 Å². The van der Waals surface area contributed by atoms with Crippen molar-refractivity contribution in [2.45, 2.75) is 18.4 Å². The van der Waals surface area contributed by atoms with Crippen molar-refractivity contribution in [3.63, 3.8) is 0 Å². The van der Waals surface area contributed by atoms with Crippen LogP contribution < -0.4 is 0 Å². The first-order valence-corrected chi connectivity index (χ1v) is 5.62. The molecule has 0 fully saturated rings. The van der Waals surface area contributed by atoms with Crippen LogP contribution in [0.1, 0.15) is 23.1 Å². The SMILES string of the molecule is OC1(c2ccncc2F)CCc2ccccc21. The van der Waals surface area contributed by atoms with Gasteiger partial charge < -0.3 is 5.11 Å². The van der Waals surface area contributed by atoms with E-state index in [1.54, 1.807) is 6.07 Å². The van der Waals surface area contributed by atoms with E-state index in [0.29, 0.717) is 12.0 Å². The van der Waals surface area contributed by atoms with Crippen molar-refractivity contribution in [3.8, 4) is 0 Å². The fourth-order valence-electron chi connectivity index (χ4n) is 2.58. The average molecular weight is 229 g/mol. The zero-order valence-electron chi connectivity index (χ0n) is 9.23. The Morgan fingerprint density at radius 2 is 2.00 bits per heavy atom. The monoisotopic (exact) mass is 229 g/mol. The lowest BCUT2D eigenvalue weighted by molar-refractivity contribution is 0.0787. The second kappa shape index (κ2) is 3.64. The lowest BCUT2D eigenvalue weighted by Gasteiger charge is -2.24. The van der Waals surface area contributed by atoms with E-state index in [0.717, 1.165) is 23.7 Å². The molecule has 3 heteroatoms. The quantitative estimate of drug-likeness (QED) is 0.814. The summed E-state index contributed by atoms with van der Waals surface area (Å²) in [4.78, 5) is 3.72. The fourth-order valence-corrected chi connectivity index (χ4v) is 2.58. The van der Waals surface area contributed by atoms with E-state index in [-0.39, 0.29) is 0 Å². The van der Waals surface area contributed by atoms with Gasteiger partial charge in [-0.3, -0.25) is 4.98 Å². The van der Waals surface area contributed by atoms with E-state index in [1.165, 1.54) is 6.20 Å². The number of fused-ring (bicyclic) bond motifs is 1. The molecule has 86 valence electrons. The van der Waals surface area contributed by atoms with Crippen molar-refractivity contribution in [2.24, 2.45) is 0 Å². The molecule has 1 aliphatic carbocycles.